The molecule has 1 atom stereocenters. The number of aryl methyl sites for hydroxylation is 1. The average Bonchev–Trinajstić information content (AvgIpc) is 3.06. The van der Waals surface area contributed by atoms with Crippen LogP contribution in [0.25, 0.3) is 0 Å². The zero-order valence-electron chi connectivity index (χ0n) is 12.5. The van der Waals surface area contributed by atoms with Gasteiger partial charge in [-0.25, -0.2) is 4.79 Å². The van der Waals surface area contributed by atoms with Gasteiger partial charge in [-0.15, -0.1) is 0 Å². The fourth-order valence-corrected chi connectivity index (χ4v) is 3.19. The van der Waals surface area contributed by atoms with E-state index >= 15 is 0 Å². The lowest BCUT2D eigenvalue weighted by Gasteiger charge is -2.15. The Morgan fingerprint density at radius 1 is 1.13 bits per heavy atom. The van der Waals surface area contributed by atoms with E-state index in [0.29, 0.717) is 25.9 Å². The number of halogens is 3. The summed E-state index contributed by atoms with van der Waals surface area (Å²) in [5, 5.41) is 0. The van der Waals surface area contributed by atoms with Crippen LogP contribution in [0.5, 0.6) is 0 Å². The van der Waals surface area contributed by atoms with Crippen LogP contribution >= 0.6 is 0 Å². The Labute approximate surface area is 131 Å². The van der Waals surface area contributed by atoms with Gasteiger partial charge in [-0.2, -0.15) is 13.2 Å². The minimum atomic E-state index is -4.33. The van der Waals surface area contributed by atoms with E-state index in [1.807, 2.05) is 0 Å². The third kappa shape index (κ3) is 3.04. The lowest BCUT2D eigenvalue weighted by atomic mass is 10.1. The van der Waals surface area contributed by atoms with Crippen LogP contribution < -0.4 is 0 Å². The first-order valence-electron chi connectivity index (χ1n) is 7.66. The highest BCUT2D eigenvalue weighted by molar-refractivity contribution is 6.04. The Balaban J connectivity index is 1.54. The van der Waals surface area contributed by atoms with Gasteiger partial charge < -0.3 is 4.90 Å². The number of amides is 3. The molecule has 0 aliphatic carbocycles. The molecule has 2 aliphatic rings. The monoisotopic (exact) mass is 326 g/mol. The van der Waals surface area contributed by atoms with E-state index in [9.17, 15) is 22.8 Å². The SMILES string of the molecule is O=C1[C@@H]2CCCN2C(=O)N1CCCc1ccc(C(F)(F)F)cc1. The van der Waals surface area contributed by atoms with Gasteiger partial charge in [-0.1, -0.05) is 12.1 Å². The van der Waals surface area contributed by atoms with E-state index in [-0.39, 0.29) is 18.0 Å². The molecule has 0 radical (unpaired) electrons. The third-order valence-corrected chi connectivity index (χ3v) is 4.41. The molecular formula is C16H17F3N2O2. The van der Waals surface area contributed by atoms with Crippen molar-refractivity contribution in [3.63, 3.8) is 0 Å². The second-order valence-corrected chi connectivity index (χ2v) is 5.92. The van der Waals surface area contributed by atoms with Crippen molar-refractivity contribution in [3.8, 4) is 0 Å². The highest BCUT2D eigenvalue weighted by Crippen LogP contribution is 2.30. The molecule has 124 valence electrons. The van der Waals surface area contributed by atoms with Crippen molar-refractivity contribution in [2.75, 3.05) is 13.1 Å². The summed E-state index contributed by atoms with van der Waals surface area (Å²) in [6.07, 6.45) is -1.68. The maximum Gasteiger partial charge on any atom is 0.416 e. The molecule has 0 saturated carbocycles. The number of urea groups is 1. The van der Waals surface area contributed by atoms with Crippen LogP contribution in [0.4, 0.5) is 18.0 Å². The number of hydrogen-bond acceptors (Lipinski definition) is 2. The number of imide groups is 1. The first kappa shape index (κ1) is 15.8. The smallest absolute Gasteiger partial charge is 0.312 e. The molecule has 3 rings (SSSR count). The van der Waals surface area contributed by atoms with E-state index in [0.717, 1.165) is 30.5 Å². The second-order valence-electron chi connectivity index (χ2n) is 5.92. The Kier molecular flexibility index (Phi) is 4.04. The lowest BCUT2D eigenvalue weighted by Crippen LogP contribution is -2.34. The molecule has 4 nitrogen and oxygen atoms in total. The van der Waals surface area contributed by atoms with Gasteiger partial charge in [0.1, 0.15) is 6.04 Å². The van der Waals surface area contributed by atoms with E-state index in [1.54, 1.807) is 4.90 Å². The molecule has 3 amide bonds. The van der Waals surface area contributed by atoms with Crippen molar-refractivity contribution in [1.82, 2.24) is 9.80 Å². The summed E-state index contributed by atoms with van der Waals surface area (Å²) in [7, 11) is 0. The van der Waals surface area contributed by atoms with Crippen LogP contribution in [-0.2, 0) is 17.4 Å². The molecule has 1 aromatic rings. The zero-order chi connectivity index (χ0) is 16.6. The van der Waals surface area contributed by atoms with Crippen LogP contribution in [0.2, 0.25) is 0 Å². The third-order valence-electron chi connectivity index (χ3n) is 4.41. The number of benzene rings is 1. The molecule has 0 N–H and O–H groups in total. The predicted molar refractivity (Wildman–Crippen MR) is 76.6 cm³/mol. The maximum atomic E-state index is 12.5. The number of fused-ring (bicyclic) bond motifs is 1. The first-order valence-corrected chi connectivity index (χ1v) is 7.66. The van der Waals surface area contributed by atoms with Gasteiger partial charge in [-0.05, 0) is 43.4 Å². The molecule has 2 fully saturated rings. The highest BCUT2D eigenvalue weighted by Gasteiger charge is 2.46. The van der Waals surface area contributed by atoms with Gasteiger partial charge in [0.15, 0.2) is 0 Å². The summed E-state index contributed by atoms with van der Waals surface area (Å²) in [4.78, 5) is 27.1. The summed E-state index contributed by atoms with van der Waals surface area (Å²) in [5.41, 5.74) is 0.0874. The molecule has 2 heterocycles. The Morgan fingerprint density at radius 3 is 2.43 bits per heavy atom. The minimum Gasteiger partial charge on any atom is -0.312 e. The van der Waals surface area contributed by atoms with Gasteiger partial charge in [0.2, 0.25) is 0 Å². The molecule has 0 bridgehead atoms. The second kappa shape index (κ2) is 5.86. The standard InChI is InChI=1S/C16H17F3N2O2/c17-16(18,19)12-7-5-11(6-8-12)3-1-10-21-14(22)13-4-2-9-20(13)15(21)23/h5-8,13H,1-4,9-10H2/t13-/m0/s1. The van der Waals surface area contributed by atoms with Crippen molar-refractivity contribution < 1.29 is 22.8 Å². The molecule has 0 aromatic heterocycles. The Bertz CT molecular complexity index is 591. The predicted octanol–water partition coefficient (Wildman–Crippen LogP) is 3.06. The van der Waals surface area contributed by atoms with Crippen LogP contribution in [0.1, 0.15) is 30.4 Å². The normalized spacial score (nSPS) is 21.3. The zero-order valence-corrected chi connectivity index (χ0v) is 12.5. The van der Waals surface area contributed by atoms with Gasteiger partial charge >= 0.3 is 12.2 Å². The molecule has 1 aromatic carbocycles. The van der Waals surface area contributed by atoms with Crippen LogP contribution in [0, 0.1) is 0 Å². The molecule has 23 heavy (non-hydrogen) atoms. The molecule has 0 spiro atoms. The number of carbonyl (C=O) groups excluding carboxylic acids is 2. The summed E-state index contributed by atoms with van der Waals surface area (Å²) < 4.78 is 37.5. The Hall–Kier alpha value is -2.05. The van der Waals surface area contributed by atoms with Gasteiger partial charge in [-0.3, -0.25) is 9.69 Å². The minimum absolute atomic E-state index is 0.139. The number of nitrogens with zero attached hydrogens (tertiary/aromatic N) is 2. The fourth-order valence-electron chi connectivity index (χ4n) is 3.19. The quantitative estimate of drug-likeness (QED) is 0.798. The molecule has 2 aliphatic heterocycles. The van der Waals surface area contributed by atoms with Crippen molar-refractivity contribution in [2.45, 2.75) is 37.9 Å². The molecule has 7 heteroatoms. The fraction of sp³-hybridized carbons (Fsp3) is 0.500. The van der Waals surface area contributed by atoms with Gasteiger partial charge in [0, 0.05) is 13.1 Å². The number of rotatable bonds is 4. The largest absolute Gasteiger partial charge is 0.416 e. The maximum absolute atomic E-state index is 12.5. The van der Waals surface area contributed by atoms with Gasteiger partial charge in [0.25, 0.3) is 5.91 Å². The van der Waals surface area contributed by atoms with E-state index in [4.69, 9.17) is 0 Å². The first-order chi connectivity index (χ1) is 10.9. The van der Waals surface area contributed by atoms with Crippen LogP contribution in [-0.4, -0.2) is 40.9 Å². The van der Waals surface area contributed by atoms with E-state index in [2.05, 4.69) is 0 Å². The van der Waals surface area contributed by atoms with Crippen molar-refractivity contribution in [3.05, 3.63) is 35.4 Å². The van der Waals surface area contributed by atoms with Crippen molar-refractivity contribution in [1.29, 1.82) is 0 Å². The summed E-state index contributed by atoms with van der Waals surface area (Å²) in [6, 6.07) is 4.46. The molecular weight excluding hydrogens is 309 g/mol. The highest BCUT2D eigenvalue weighted by atomic mass is 19.4. The lowest BCUT2D eigenvalue weighted by molar-refractivity contribution is -0.137. The molecule has 0 unspecified atom stereocenters. The number of hydrogen-bond donors (Lipinski definition) is 0. The van der Waals surface area contributed by atoms with Crippen molar-refractivity contribution in [2.24, 2.45) is 0 Å². The molecule has 2 saturated heterocycles. The number of carbonyl (C=O) groups is 2. The summed E-state index contributed by atoms with van der Waals surface area (Å²) in [5.74, 6) is -0.139. The Morgan fingerprint density at radius 2 is 1.83 bits per heavy atom. The summed E-state index contributed by atoms with van der Waals surface area (Å²) >= 11 is 0. The van der Waals surface area contributed by atoms with Crippen molar-refractivity contribution >= 4 is 11.9 Å². The number of alkyl halides is 3. The van der Waals surface area contributed by atoms with Crippen LogP contribution in [0.15, 0.2) is 24.3 Å². The van der Waals surface area contributed by atoms with E-state index in [1.165, 1.54) is 17.0 Å². The topological polar surface area (TPSA) is 40.6 Å². The summed E-state index contributed by atoms with van der Waals surface area (Å²) in [6.45, 7) is 0.941. The average molecular weight is 326 g/mol. The van der Waals surface area contributed by atoms with Crippen LogP contribution in [0.3, 0.4) is 0 Å². The van der Waals surface area contributed by atoms with Gasteiger partial charge in [0.05, 0.1) is 5.56 Å². The van der Waals surface area contributed by atoms with E-state index < -0.39 is 11.7 Å².